The SMILES string of the molecule is CCOC(=O)CCCCOc1ccc2[nH]cc(C3CCN(C)CC3)c2c1. The van der Waals surface area contributed by atoms with Gasteiger partial charge < -0.3 is 19.4 Å². The number of carbonyl (C=O) groups is 1. The minimum absolute atomic E-state index is 0.121. The summed E-state index contributed by atoms with van der Waals surface area (Å²) >= 11 is 0. The van der Waals surface area contributed by atoms with Crippen LogP contribution >= 0.6 is 0 Å². The molecule has 142 valence electrons. The van der Waals surface area contributed by atoms with Gasteiger partial charge >= 0.3 is 5.97 Å². The molecular formula is C21H30N2O3. The number of aromatic nitrogens is 1. The first-order valence-electron chi connectivity index (χ1n) is 9.75. The third-order valence-corrected chi connectivity index (χ3v) is 5.19. The minimum atomic E-state index is -0.121. The van der Waals surface area contributed by atoms with Gasteiger partial charge in [-0.2, -0.15) is 0 Å². The normalized spacial score (nSPS) is 16.1. The van der Waals surface area contributed by atoms with Crippen molar-refractivity contribution in [3.63, 3.8) is 0 Å². The summed E-state index contributed by atoms with van der Waals surface area (Å²) in [6.45, 7) is 5.23. The highest BCUT2D eigenvalue weighted by Crippen LogP contribution is 2.34. The Morgan fingerprint density at radius 3 is 2.85 bits per heavy atom. The number of nitrogens with zero attached hydrogens (tertiary/aromatic N) is 1. The van der Waals surface area contributed by atoms with Crippen LogP contribution in [0.2, 0.25) is 0 Å². The Labute approximate surface area is 155 Å². The molecule has 2 aromatic rings. The fourth-order valence-corrected chi connectivity index (χ4v) is 3.66. The van der Waals surface area contributed by atoms with Crippen molar-refractivity contribution in [1.82, 2.24) is 9.88 Å². The number of fused-ring (bicyclic) bond motifs is 1. The predicted molar refractivity (Wildman–Crippen MR) is 104 cm³/mol. The number of ether oxygens (including phenoxy) is 2. The zero-order chi connectivity index (χ0) is 18.4. The van der Waals surface area contributed by atoms with E-state index in [4.69, 9.17) is 9.47 Å². The molecule has 0 radical (unpaired) electrons. The molecule has 0 saturated carbocycles. The van der Waals surface area contributed by atoms with E-state index in [9.17, 15) is 4.79 Å². The van der Waals surface area contributed by atoms with Gasteiger partial charge in [0.25, 0.3) is 0 Å². The number of likely N-dealkylation sites (tertiary alicyclic amines) is 1. The summed E-state index contributed by atoms with van der Waals surface area (Å²) in [6.07, 6.45) is 6.71. The van der Waals surface area contributed by atoms with Gasteiger partial charge in [0.05, 0.1) is 13.2 Å². The van der Waals surface area contributed by atoms with E-state index < -0.39 is 0 Å². The lowest BCUT2D eigenvalue weighted by atomic mass is 9.89. The Hall–Kier alpha value is -2.01. The van der Waals surface area contributed by atoms with E-state index in [-0.39, 0.29) is 5.97 Å². The van der Waals surface area contributed by atoms with Crippen LogP contribution in [0.3, 0.4) is 0 Å². The quantitative estimate of drug-likeness (QED) is 0.570. The molecule has 3 rings (SSSR count). The zero-order valence-electron chi connectivity index (χ0n) is 15.9. The standard InChI is InChI=1S/C21H30N2O3/c1-3-25-21(24)6-4-5-13-26-17-7-8-20-18(14-17)19(15-22-20)16-9-11-23(2)12-10-16/h7-8,14-16,22H,3-6,9-13H2,1-2H3. The Kier molecular flexibility index (Phi) is 6.56. The fourth-order valence-electron chi connectivity index (χ4n) is 3.66. The molecule has 0 spiro atoms. The number of piperidine rings is 1. The van der Waals surface area contributed by atoms with Crippen molar-refractivity contribution in [2.24, 2.45) is 0 Å². The van der Waals surface area contributed by atoms with Gasteiger partial charge in [0, 0.05) is 23.5 Å². The average molecular weight is 358 g/mol. The lowest BCUT2D eigenvalue weighted by Crippen LogP contribution is -2.29. The van der Waals surface area contributed by atoms with Crippen molar-refractivity contribution >= 4 is 16.9 Å². The molecule has 1 aliphatic rings. The van der Waals surface area contributed by atoms with Crippen molar-refractivity contribution in [2.45, 2.75) is 44.9 Å². The molecular weight excluding hydrogens is 328 g/mol. The summed E-state index contributed by atoms with van der Waals surface area (Å²) in [5.41, 5.74) is 2.59. The lowest BCUT2D eigenvalue weighted by Gasteiger charge is -2.28. The van der Waals surface area contributed by atoms with Gasteiger partial charge in [-0.15, -0.1) is 0 Å². The molecule has 0 aliphatic carbocycles. The molecule has 1 aromatic heterocycles. The van der Waals surface area contributed by atoms with E-state index >= 15 is 0 Å². The molecule has 0 unspecified atom stereocenters. The van der Waals surface area contributed by atoms with E-state index in [2.05, 4.69) is 35.3 Å². The Balaban J connectivity index is 1.55. The maximum atomic E-state index is 11.3. The number of carbonyl (C=O) groups excluding carboxylic acids is 1. The van der Waals surface area contributed by atoms with Crippen molar-refractivity contribution < 1.29 is 14.3 Å². The molecule has 26 heavy (non-hydrogen) atoms. The van der Waals surface area contributed by atoms with Gasteiger partial charge in [-0.05, 0) is 82.4 Å². The van der Waals surface area contributed by atoms with Crippen LogP contribution in [0.4, 0.5) is 0 Å². The molecule has 1 N–H and O–H groups in total. The van der Waals surface area contributed by atoms with Crippen LogP contribution in [0.1, 0.15) is 50.5 Å². The number of esters is 1. The highest BCUT2D eigenvalue weighted by Gasteiger charge is 2.21. The number of nitrogens with one attached hydrogen (secondary N) is 1. The van der Waals surface area contributed by atoms with Gasteiger partial charge in [0.2, 0.25) is 0 Å². The third-order valence-electron chi connectivity index (χ3n) is 5.19. The van der Waals surface area contributed by atoms with Gasteiger partial charge in [0.15, 0.2) is 0 Å². The first kappa shape index (κ1) is 18.8. The van der Waals surface area contributed by atoms with E-state index in [1.165, 1.54) is 29.3 Å². The number of rotatable bonds is 8. The van der Waals surface area contributed by atoms with Crippen LogP contribution in [0, 0.1) is 0 Å². The summed E-state index contributed by atoms with van der Waals surface area (Å²) in [7, 11) is 2.19. The number of hydrogen-bond acceptors (Lipinski definition) is 4. The first-order valence-corrected chi connectivity index (χ1v) is 9.75. The van der Waals surface area contributed by atoms with Crippen molar-refractivity contribution in [3.8, 4) is 5.75 Å². The molecule has 1 saturated heterocycles. The van der Waals surface area contributed by atoms with Crippen molar-refractivity contribution in [2.75, 3.05) is 33.4 Å². The Bertz CT molecular complexity index is 717. The number of unbranched alkanes of at least 4 members (excludes halogenated alkanes) is 1. The topological polar surface area (TPSA) is 54.6 Å². The molecule has 0 atom stereocenters. The van der Waals surface area contributed by atoms with Gasteiger partial charge in [0.1, 0.15) is 5.75 Å². The van der Waals surface area contributed by atoms with Crippen LogP contribution in [0.5, 0.6) is 5.75 Å². The van der Waals surface area contributed by atoms with Crippen molar-refractivity contribution in [1.29, 1.82) is 0 Å². The maximum Gasteiger partial charge on any atom is 0.305 e. The molecule has 1 aromatic carbocycles. The highest BCUT2D eigenvalue weighted by atomic mass is 16.5. The maximum absolute atomic E-state index is 11.3. The number of hydrogen-bond donors (Lipinski definition) is 1. The average Bonchev–Trinajstić information content (AvgIpc) is 3.05. The molecule has 5 heteroatoms. The van der Waals surface area contributed by atoms with Gasteiger partial charge in [-0.25, -0.2) is 0 Å². The van der Waals surface area contributed by atoms with E-state index in [0.29, 0.717) is 25.6 Å². The van der Waals surface area contributed by atoms with Crippen LogP contribution in [-0.4, -0.2) is 49.2 Å². The minimum Gasteiger partial charge on any atom is -0.494 e. The number of H-pyrrole nitrogens is 1. The van der Waals surface area contributed by atoms with Crippen LogP contribution in [-0.2, 0) is 9.53 Å². The summed E-state index contributed by atoms with van der Waals surface area (Å²) in [6, 6.07) is 6.27. The summed E-state index contributed by atoms with van der Waals surface area (Å²) in [4.78, 5) is 17.1. The van der Waals surface area contributed by atoms with Gasteiger partial charge in [-0.3, -0.25) is 4.79 Å². The summed E-state index contributed by atoms with van der Waals surface area (Å²) in [5, 5.41) is 1.28. The smallest absolute Gasteiger partial charge is 0.305 e. The summed E-state index contributed by atoms with van der Waals surface area (Å²) in [5.74, 6) is 1.41. The fraction of sp³-hybridized carbons (Fsp3) is 0.571. The van der Waals surface area contributed by atoms with E-state index in [1.54, 1.807) is 0 Å². The van der Waals surface area contributed by atoms with E-state index in [0.717, 1.165) is 31.7 Å². The molecule has 0 bridgehead atoms. The molecule has 1 aliphatic heterocycles. The second kappa shape index (κ2) is 9.08. The molecule has 1 fully saturated rings. The second-order valence-electron chi connectivity index (χ2n) is 7.14. The first-order chi connectivity index (χ1) is 12.7. The zero-order valence-corrected chi connectivity index (χ0v) is 15.9. The Morgan fingerprint density at radius 2 is 2.08 bits per heavy atom. The highest BCUT2D eigenvalue weighted by molar-refractivity contribution is 5.85. The van der Waals surface area contributed by atoms with Crippen molar-refractivity contribution in [3.05, 3.63) is 30.0 Å². The number of aromatic amines is 1. The van der Waals surface area contributed by atoms with Crippen LogP contribution < -0.4 is 4.74 Å². The largest absolute Gasteiger partial charge is 0.494 e. The molecule has 5 nitrogen and oxygen atoms in total. The monoisotopic (exact) mass is 358 g/mol. The van der Waals surface area contributed by atoms with E-state index in [1.807, 2.05) is 13.0 Å². The van der Waals surface area contributed by atoms with Crippen LogP contribution in [0.15, 0.2) is 24.4 Å². The van der Waals surface area contributed by atoms with Crippen LogP contribution in [0.25, 0.3) is 10.9 Å². The van der Waals surface area contributed by atoms with Gasteiger partial charge in [-0.1, -0.05) is 0 Å². The second-order valence-corrected chi connectivity index (χ2v) is 7.14. The number of benzene rings is 1. The molecule has 0 amide bonds. The predicted octanol–water partition coefficient (Wildman–Crippen LogP) is 4.09. The Morgan fingerprint density at radius 1 is 1.27 bits per heavy atom. The lowest BCUT2D eigenvalue weighted by molar-refractivity contribution is -0.143. The third kappa shape index (κ3) is 4.79. The molecule has 2 heterocycles. The summed E-state index contributed by atoms with van der Waals surface area (Å²) < 4.78 is 10.8.